The van der Waals surface area contributed by atoms with Crippen LogP contribution in [-0.4, -0.2) is 28.0 Å². The zero-order valence-corrected chi connectivity index (χ0v) is 14.3. The highest BCUT2D eigenvalue weighted by Gasteiger charge is 2.16. The Morgan fingerprint density at radius 1 is 1.00 bits per heavy atom. The number of hydrogen-bond acceptors (Lipinski definition) is 6. The molecule has 4 rings (SSSR count). The van der Waals surface area contributed by atoms with Crippen LogP contribution in [0, 0.1) is 11.3 Å². The van der Waals surface area contributed by atoms with Crippen LogP contribution in [0.3, 0.4) is 0 Å². The molecule has 1 N–H and O–H groups in total. The average Bonchev–Trinajstić information content (AvgIpc) is 3.23. The van der Waals surface area contributed by atoms with Crippen molar-refractivity contribution < 1.29 is 0 Å². The second-order valence-corrected chi connectivity index (χ2v) is 6.16. The summed E-state index contributed by atoms with van der Waals surface area (Å²) in [5.41, 5.74) is 4.26. The number of aromatic nitrogens is 3. The number of benzene rings is 1. The molecule has 0 saturated carbocycles. The fraction of sp³-hybridized carbons (Fsp3) is 0.200. The van der Waals surface area contributed by atoms with Crippen molar-refractivity contribution in [3.05, 3.63) is 60.6 Å². The first kappa shape index (κ1) is 16.0. The molecule has 3 heterocycles. The van der Waals surface area contributed by atoms with Crippen LogP contribution in [0.15, 0.2) is 55.0 Å². The summed E-state index contributed by atoms with van der Waals surface area (Å²) in [6, 6.07) is 13.8. The molecule has 0 unspecified atom stereocenters. The molecule has 0 amide bonds. The highest BCUT2D eigenvalue weighted by molar-refractivity contribution is 5.70. The lowest BCUT2D eigenvalue weighted by molar-refractivity contribution is 0.949. The van der Waals surface area contributed by atoms with E-state index in [4.69, 9.17) is 0 Å². The topological polar surface area (TPSA) is 77.7 Å². The van der Waals surface area contributed by atoms with Crippen molar-refractivity contribution in [1.82, 2.24) is 15.0 Å². The molecule has 1 saturated heterocycles. The lowest BCUT2D eigenvalue weighted by atomic mass is 10.1. The fourth-order valence-electron chi connectivity index (χ4n) is 3.16. The zero-order valence-electron chi connectivity index (χ0n) is 14.3. The van der Waals surface area contributed by atoms with E-state index >= 15 is 0 Å². The molecule has 0 atom stereocenters. The summed E-state index contributed by atoms with van der Waals surface area (Å²) in [4.78, 5) is 15.1. The van der Waals surface area contributed by atoms with E-state index < -0.39 is 0 Å². The molecule has 1 aliphatic heterocycles. The highest BCUT2D eigenvalue weighted by Crippen LogP contribution is 2.29. The second-order valence-electron chi connectivity index (χ2n) is 6.16. The average molecular weight is 342 g/mol. The molecule has 6 nitrogen and oxygen atoms in total. The molecule has 0 radical (unpaired) electrons. The van der Waals surface area contributed by atoms with Crippen LogP contribution in [0.1, 0.15) is 18.4 Å². The summed E-state index contributed by atoms with van der Waals surface area (Å²) in [5.74, 6) is 0.510. The van der Waals surface area contributed by atoms with Crippen molar-refractivity contribution in [2.45, 2.75) is 12.8 Å². The lowest BCUT2D eigenvalue weighted by Gasteiger charge is -2.19. The summed E-state index contributed by atoms with van der Waals surface area (Å²) in [5, 5.41) is 12.7. The van der Waals surface area contributed by atoms with Crippen molar-refractivity contribution in [2.75, 3.05) is 23.3 Å². The molecule has 6 heteroatoms. The van der Waals surface area contributed by atoms with Gasteiger partial charge in [0.05, 0.1) is 16.9 Å². The Kier molecular flexibility index (Phi) is 4.44. The van der Waals surface area contributed by atoms with E-state index in [0.29, 0.717) is 11.5 Å². The SMILES string of the molecule is N#Cc1cc(-c2ccnc(Nc3ccncc3)n2)ccc1N1CCCC1. The number of hydrogen-bond donors (Lipinski definition) is 1. The van der Waals surface area contributed by atoms with Gasteiger partial charge in [-0.05, 0) is 43.2 Å². The van der Waals surface area contributed by atoms with E-state index in [1.165, 1.54) is 12.8 Å². The van der Waals surface area contributed by atoms with E-state index in [-0.39, 0.29) is 0 Å². The van der Waals surface area contributed by atoms with Crippen molar-refractivity contribution in [3.8, 4) is 17.3 Å². The van der Waals surface area contributed by atoms with Crippen LogP contribution in [-0.2, 0) is 0 Å². The Bertz CT molecular complexity index is 942. The third-order valence-electron chi connectivity index (χ3n) is 4.45. The Balaban J connectivity index is 1.63. The van der Waals surface area contributed by atoms with Gasteiger partial charge in [0, 0.05) is 42.9 Å². The van der Waals surface area contributed by atoms with Gasteiger partial charge in [0.1, 0.15) is 6.07 Å². The third-order valence-corrected chi connectivity index (χ3v) is 4.45. The van der Waals surface area contributed by atoms with Crippen LogP contribution in [0.5, 0.6) is 0 Å². The maximum absolute atomic E-state index is 9.57. The summed E-state index contributed by atoms with van der Waals surface area (Å²) >= 11 is 0. The minimum Gasteiger partial charge on any atom is -0.370 e. The smallest absolute Gasteiger partial charge is 0.227 e. The van der Waals surface area contributed by atoms with Gasteiger partial charge in [-0.2, -0.15) is 5.26 Å². The van der Waals surface area contributed by atoms with Gasteiger partial charge in [-0.15, -0.1) is 0 Å². The first-order chi connectivity index (χ1) is 12.8. The van der Waals surface area contributed by atoms with Crippen LogP contribution in [0.2, 0.25) is 0 Å². The second kappa shape index (κ2) is 7.19. The molecule has 0 bridgehead atoms. The molecule has 0 aliphatic carbocycles. The molecule has 26 heavy (non-hydrogen) atoms. The van der Waals surface area contributed by atoms with Crippen LogP contribution >= 0.6 is 0 Å². The van der Waals surface area contributed by atoms with Gasteiger partial charge in [-0.1, -0.05) is 6.07 Å². The normalized spacial score (nSPS) is 13.4. The third kappa shape index (κ3) is 3.33. The van der Waals surface area contributed by atoms with E-state index in [2.05, 4.69) is 31.2 Å². The predicted molar refractivity (Wildman–Crippen MR) is 101 cm³/mol. The Morgan fingerprint density at radius 3 is 2.58 bits per heavy atom. The molecule has 0 spiro atoms. The van der Waals surface area contributed by atoms with Crippen LogP contribution in [0.4, 0.5) is 17.3 Å². The molecule has 1 fully saturated rings. The predicted octanol–water partition coefficient (Wildman–Crippen LogP) is 3.75. The van der Waals surface area contributed by atoms with E-state index in [9.17, 15) is 5.26 Å². The number of anilines is 3. The van der Waals surface area contributed by atoms with Crippen molar-refractivity contribution >= 4 is 17.3 Å². The number of pyridine rings is 1. The van der Waals surface area contributed by atoms with Crippen molar-refractivity contribution in [1.29, 1.82) is 5.26 Å². The van der Waals surface area contributed by atoms with Crippen molar-refractivity contribution in [3.63, 3.8) is 0 Å². The monoisotopic (exact) mass is 342 g/mol. The number of nitrogens with zero attached hydrogens (tertiary/aromatic N) is 5. The fourth-order valence-corrected chi connectivity index (χ4v) is 3.16. The van der Waals surface area contributed by atoms with E-state index in [0.717, 1.165) is 35.7 Å². The van der Waals surface area contributed by atoms with Crippen LogP contribution in [0.25, 0.3) is 11.3 Å². The molecule has 2 aromatic heterocycles. The standard InChI is InChI=1S/C20H18N6/c21-14-16-13-15(3-4-19(16)26-11-1-2-12-26)18-7-10-23-20(25-18)24-17-5-8-22-9-6-17/h3-10,13H,1-2,11-12H2,(H,22,23,24,25). The van der Waals surface area contributed by atoms with Crippen molar-refractivity contribution in [2.24, 2.45) is 0 Å². The van der Waals surface area contributed by atoms with Gasteiger partial charge < -0.3 is 10.2 Å². The summed E-state index contributed by atoms with van der Waals surface area (Å²) in [6.45, 7) is 2.03. The molecule has 1 aliphatic rings. The molecule has 1 aromatic carbocycles. The maximum atomic E-state index is 9.57. The minimum atomic E-state index is 0.510. The molecule has 3 aromatic rings. The zero-order chi connectivity index (χ0) is 17.8. The number of nitriles is 1. The van der Waals surface area contributed by atoms with E-state index in [1.807, 2.05) is 36.4 Å². The number of rotatable bonds is 4. The maximum Gasteiger partial charge on any atom is 0.227 e. The highest BCUT2D eigenvalue weighted by atomic mass is 15.1. The van der Waals surface area contributed by atoms with E-state index in [1.54, 1.807) is 18.6 Å². The van der Waals surface area contributed by atoms with Gasteiger partial charge in [0.25, 0.3) is 0 Å². The quantitative estimate of drug-likeness (QED) is 0.778. The van der Waals surface area contributed by atoms with Crippen LogP contribution < -0.4 is 10.2 Å². The Morgan fingerprint density at radius 2 is 1.81 bits per heavy atom. The largest absolute Gasteiger partial charge is 0.370 e. The van der Waals surface area contributed by atoms with Gasteiger partial charge in [-0.3, -0.25) is 4.98 Å². The molecule has 128 valence electrons. The molecular formula is C20H18N6. The van der Waals surface area contributed by atoms with Gasteiger partial charge in [0.15, 0.2) is 0 Å². The van der Waals surface area contributed by atoms with Gasteiger partial charge >= 0.3 is 0 Å². The van der Waals surface area contributed by atoms with Gasteiger partial charge in [-0.25, -0.2) is 9.97 Å². The van der Waals surface area contributed by atoms with Gasteiger partial charge in [0.2, 0.25) is 5.95 Å². The number of nitrogens with one attached hydrogen (secondary N) is 1. The molecular weight excluding hydrogens is 324 g/mol. The summed E-state index contributed by atoms with van der Waals surface area (Å²) in [7, 11) is 0. The Hall–Kier alpha value is -3.46. The Labute approximate surface area is 152 Å². The lowest BCUT2D eigenvalue weighted by Crippen LogP contribution is -2.18. The minimum absolute atomic E-state index is 0.510. The first-order valence-corrected chi connectivity index (χ1v) is 8.63. The summed E-state index contributed by atoms with van der Waals surface area (Å²) in [6.07, 6.45) is 7.50. The summed E-state index contributed by atoms with van der Waals surface area (Å²) < 4.78 is 0. The first-order valence-electron chi connectivity index (χ1n) is 8.63.